The summed E-state index contributed by atoms with van der Waals surface area (Å²) in [5.41, 5.74) is 2.08. The van der Waals surface area contributed by atoms with Crippen molar-refractivity contribution in [2.24, 2.45) is 0 Å². The minimum Gasteiger partial charge on any atom is -0.491 e. The molecule has 0 aromatic heterocycles. The van der Waals surface area contributed by atoms with Gasteiger partial charge in [-0.3, -0.25) is 0 Å². The molecular formula is C16H17BrClNO. The van der Waals surface area contributed by atoms with E-state index < -0.39 is 0 Å². The summed E-state index contributed by atoms with van der Waals surface area (Å²) in [5, 5.41) is 4.03. The van der Waals surface area contributed by atoms with Crippen molar-refractivity contribution in [3.8, 4) is 5.75 Å². The Balaban J connectivity index is 2.03. The normalized spacial score (nSPS) is 10.7. The summed E-state index contributed by atoms with van der Waals surface area (Å²) >= 11 is 9.57. The Bertz CT molecular complexity index is 586. The zero-order valence-electron chi connectivity index (χ0n) is 11.5. The molecule has 2 nitrogen and oxygen atoms in total. The second kappa shape index (κ2) is 7.00. The summed E-state index contributed by atoms with van der Waals surface area (Å²) in [6.45, 7) is 4.75. The van der Waals surface area contributed by atoms with Crippen LogP contribution < -0.4 is 10.1 Å². The van der Waals surface area contributed by atoms with Crippen LogP contribution in [0.3, 0.4) is 0 Å². The highest BCUT2D eigenvalue weighted by Gasteiger charge is 2.02. The molecule has 0 amide bonds. The first-order chi connectivity index (χ1) is 9.54. The number of benzene rings is 2. The molecule has 0 aliphatic rings. The SMILES string of the molecule is CC(C)Oc1cccc(CNc2ccc(Br)cc2Cl)c1. The quantitative estimate of drug-likeness (QED) is 0.765. The lowest BCUT2D eigenvalue weighted by molar-refractivity contribution is 0.242. The molecule has 0 saturated heterocycles. The standard InChI is InChI=1S/C16H17BrClNO/c1-11(2)20-14-5-3-4-12(8-14)10-19-16-7-6-13(17)9-15(16)18/h3-9,11,19H,10H2,1-2H3. The third-order valence-electron chi connectivity index (χ3n) is 2.68. The number of anilines is 1. The molecule has 2 aromatic carbocycles. The maximum Gasteiger partial charge on any atom is 0.120 e. The van der Waals surface area contributed by atoms with Crippen molar-refractivity contribution in [3.63, 3.8) is 0 Å². The van der Waals surface area contributed by atoms with Crippen LogP contribution in [0.25, 0.3) is 0 Å². The summed E-state index contributed by atoms with van der Waals surface area (Å²) in [6, 6.07) is 13.9. The van der Waals surface area contributed by atoms with E-state index in [4.69, 9.17) is 16.3 Å². The lowest BCUT2D eigenvalue weighted by Gasteiger charge is -2.12. The molecule has 0 unspecified atom stereocenters. The van der Waals surface area contributed by atoms with Crippen LogP contribution >= 0.6 is 27.5 Å². The summed E-state index contributed by atoms with van der Waals surface area (Å²) < 4.78 is 6.66. The monoisotopic (exact) mass is 353 g/mol. The van der Waals surface area contributed by atoms with Gasteiger partial charge in [0.25, 0.3) is 0 Å². The van der Waals surface area contributed by atoms with Gasteiger partial charge in [-0.05, 0) is 49.7 Å². The predicted octanol–water partition coefficient (Wildman–Crippen LogP) is 5.50. The third kappa shape index (κ3) is 4.43. The molecular weight excluding hydrogens is 338 g/mol. The summed E-state index contributed by atoms with van der Waals surface area (Å²) in [7, 11) is 0. The number of nitrogens with one attached hydrogen (secondary N) is 1. The summed E-state index contributed by atoms with van der Waals surface area (Å²) in [4.78, 5) is 0. The molecule has 0 bridgehead atoms. The Morgan fingerprint density at radius 1 is 1.20 bits per heavy atom. The van der Waals surface area contributed by atoms with Gasteiger partial charge in [0, 0.05) is 11.0 Å². The second-order valence-corrected chi connectivity index (χ2v) is 6.11. The lowest BCUT2D eigenvalue weighted by atomic mass is 10.2. The van der Waals surface area contributed by atoms with E-state index >= 15 is 0 Å². The molecule has 2 rings (SSSR count). The van der Waals surface area contributed by atoms with Gasteiger partial charge < -0.3 is 10.1 Å². The molecule has 0 fully saturated rings. The van der Waals surface area contributed by atoms with Crippen molar-refractivity contribution in [3.05, 3.63) is 57.5 Å². The van der Waals surface area contributed by atoms with Crippen LogP contribution in [0.4, 0.5) is 5.69 Å². The molecule has 0 spiro atoms. The lowest BCUT2D eigenvalue weighted by Crippen LogP contribution is -2.06. The summed E-state index contributed by atoms with van der Waals surface area (Å²) in [6.07, 6.45) is 0.180. The fourth-order valence-corrected chi connectivity index (χ4v) is 2.57. The molecule has 0 heterocycles. The van der Waals surface area contributed by atoms with Crippen LogP contribution in [0, 0.1) is 0 Å². The Morgan fingerprint density at radius 2 is 2.00 bits per heavy atom. The minimum absolute atomic E-state index is 0.180. The van der Waals surface area contributed by atoms with Gasteiger partial charge in [0.2, 0.25) is 0 Å². The van der Waals surface area contributed by atoms with Crippen LogP contribution in [0.2, 0.25) is 5.02 Å². The van der Waals surface area contributed by atoms with Gasteiger partial charge in [-0.2, -0.15) is 0 Å². The molecule has 106 valence electrons. The van der Waals surface area contributed by atoms with Gasteiger partial charge in [-0.1, -0.05) is 39.7 Å². The highest BCUT2D eigenvalue weighted by Crippen LogP contribution is 2.26. The van der Waals surface area contributed by atoms with Gasteiger partial charge in [0.15, 0.2) is 0 Å². The van der Waals surface area contributed by atoms with Crippen molar-refractivity contribution in [1.29, 1.82) is 0 Å². The maximum atomic E-state index is 6.18. The number of ether oxygens (including phenoxy) is 1. The first kappa shape index (κ1) is 15.2. The Labute approximate surface area is 133 Å². The predicted molar refractivity (Wildman–Crippen MR) is 88.7 cm³/mol. The van der Waals surface area contributed by atoms with Crippen LogP contribution in [-0.2, 0) is 6.54 Å². The number of rotatable bonds is 5. The van der Waals surface area contributed by atoms with Gasteiger partial charge in [-0.25, -0.2) is 0 Å². The van der Waals surface area contributed by atoms with E-state index in [-0.39, 0.29) is 6.10 Å². The average molecular weight is 355 g/mol. The van der Waals surface area contributed by atoms with Crippen LogP contribution in [-0.4, -0.2) is 6.10 Å². The fourth-order valence-electron chi connectivity index (χ4n) is 1.83. The van der Waals surface area contributed by atoms with Crippen molar-refractivity contribution in [2.75, 3.05) is 5.32 Å². The Hall–Kier alpha value is -1.19. The Kier molecular flexibility index (Phi) is 5.32. The van der Waals surface area contributed by atoms with Gasteiger partial charge in [0.1, 0.15) is 5.75 Å². The first-order valence-electron chi connectivity index (χ1n) is 6.49. The fraction of sp³-hybridized carbons (Fsp3) is 0.250. The van der Waals surface area contributed by atoms with Crippen molar-refractivity contribution in [2.45, 2.75) is 26.5 Å². The number of hydrogen-bond donors (Lipinski definition) is 1. The molecule has 0 radical (unpaired) electrons. The highest BCUT2D eigenvalue weighted by atomic mass is 79.9. The van der Waals surface area contributed by atoms with Crippen LogP contribution in [0.1, 0.15) is 19.4 Å². The van der Waals surface area contributed by atoms with E-state index in [1.807, 2.05) is 50.2 Å². The molecule has 0 aliphatic carbocycles. The smallest absolute Gasteiger partial charge is 0.120 e. The second-order valence-electron chi connectivity index (χ2n) is 4.79. The molecule has 1 N–H and O–H groups in total. The average Bonchev–Trinajstić information content (AvgIpc) is 2.37. The molecule has 0 aliphatic heterocycles. The molecule has 2 aromatic rings. The van der Waals surface area contributed by atoms with E-state index in [9.17, 15) is 0 Å². The van der Waals surface area contributed by atoms with E-state index in [1.54, 1.807) is 0 Å². The minimum atomic E-state index is 0.180. The molecule has 0 atom stereocenters. The Morgan fingerprint density at radius 3 is 2.70 bits per heavy atom. The van der Waals surface area contributed by atoms with E-state index in [2.05, 4.69) is 27.3 Å². The van der Waals surface area contributed by atoms with E-state index in [0.717, 1.165) is 21.5 Å². The molecule has 20 heavy (non-hydrogen) atoms. The van der Waals surface area contributed by atoms with Gasteiger partial charge >= 0.3 is 0 Å². The topological polar surface area (TPSA) is 21.3 Å². The summed E-state index contributed by atoms with van der Waals surface area (Å²) in [5.74, 6) is 0.890. The van der Waals surface area contributed by atoms with Crippen LogP contribution in [0.15, 0.2) is 46.9 Å². The van der Waals surface area contributed by atoms with Crippen molar-refractivity contribution in [1.82, 2.24) is 0 Å². The number of halogens is 2. The zero-order chi connectivity index (χ0) is 14.5. The van der Waals surface area contributed by atoms with Gasteiger partial charge in [-0.15, -0.1) is 0 Å². The first-order valence-corrected chi connectivity index (χ1v) is 7.66. The zero-order valence-corrected chi connectivity index (χ0v) is 13.8. The number of hydrogen-bond acceptors (Lipinski definition) is 2. The van der Waals surface area contributed by atoms with E-state index in [1.165, 1.54) is 0 Å². The molecule has 4 heteroatoms. The third-order valence-corrected chi connectivity index (χ3v) is 3.49. The molecule has 0 saturated carbocycles. The maximum absolute atomic E-state index is 6.18. The van der Waals surface area contributed by atoms with E-state index in [0.29, 0.717) is 11.6 Å². The highest BCUT2D eigenvalue weighted by molar-refractivity contribution is 9.10. The van der Waals surface area contributed by atoms with Crippen molar-refractivity contribution < 1.29 is 4.74 Å². The van der Waals surface area contributed by atoms with Crippen LogP contribution in [0.5, 0.6) is 5.75 Å². The largest absolute Gasteiger partial charge is 0.491 e. The van der Waals surface area contributed by atoms with Crippen molar-refractivity contribution >= 4 is 33.2 Å². The van der Waals surface area contributed by atoms with Gasteiger partial charge in [0.05, 0.1) is 16.8 Å².